The largest absolute Gasteiger partial charge is 0.480 e. The van der Waals surface area contributed by atoms with E-state index < -0.39 is 11.5 Å². The van der Waals surface area contributed by atoms with E-state index in [0.717, 1.165) is 19.5 Å². The van der Waals surface area contributed by atoms with Gasteiger partial charge in [-0.25, -0.2) is 0 Å². The van der Waals surface area contributed by atoms with Crippen molar-refractivity contribution >= 4 is 11.9 Å². The zero-order valence-electron chi connectivity index (χ0n) is 13.3. The van der Waals surface area contributed by atoms with Crippen LogP contribution in [-0.2, 0) is 9.59 Å². The molecule has 1 amide bonds. The first-order valence-electron chi connectivity index (χ1n) is 7.44. The molecule has 5 nitrogen and oxygen atoms in total. The molecule has 0 aromatic rings. The maximum Gasteiger partial charge on any atom is 0.323 e. The van der Waals surface area contributed by atoms with Crippen molar-refractivity contribution in [2.75, 3.05) is 26.2 Å². The van der Waals surface area contributed by atoms with Gasteiger partial charge in [-0.1, -0.05) is 20.8 Å². The summed E-state index contributed by atoms with van der Waals surface area (Å²) in [5, 5.41) is 9.28. The highest BCUT2D eigenvalue weighted by molar-refractivity contribution is 5.81. The lowest BCUT2D eigenvalue weighted by Crippen LogP contribution is -2.55. The highest BCUT2D eigenvalue weighted by Crippen LogP contribution is 2.22. The number of carboxylic acid groups (broad SMARTS) is 1. The summed E-state index contributed by atoms with van der Waals surface area (Å²) in [5.74, 6) is 0.183. The summed E-state index contributed by atoms with van der Waals surface area (Å²) in [6.07, 6.45) is 1.15. The van der Waals surface area contributed by atoms with Gasteiger partial charge in [-0.3, -0.25) is 14.5 Å². The van der Waals surface area contributed by atoms with E-state index in [-0.39, 0.29) is 12.5 Å². The fourth-order valence-corrected chi connectivity index (χ4v) is 2.97. The molecule has 1 heterocycles. The molecule has 116 valence electrons. The Balaban J connectivity index is 2.70. The van der Waals surface area contributed by atoms with Gasteiger partial charge < -0.3 is 10.0 Å². The second-order valence-corrected chi connectivity index (χ2v) is 6.62. The van der Waals surface area contributed by atoms with Crippen molar-refractivity contribution in [3.05, 3.63) is 0 Å². The molecule has 20 heavy (non-hydrogen) atoms. The number of piperidine rings is 1. The lowest BCUT2D eigenvalue weighted by Gasteiger charge is -2.38. The Hall–Kier alpha value is -1.10. The van der Waals surface area contributed by atoms with Gasteiger partial charge in [0.15, 0.2) is 0 Å². The molecule has 0 bridgehead atoms. The number of carbonyl (C=O) groups excluding carboxylic acids is 1. The number of amides is 1. The Kier molecular flexibility index (Phi) is 5.57. The molecule has 0 aromatic carbocycles. The van der Waals surface area contributed by atoms with Crippen LogP contribution in [-0.4, -0.2) is 58.5 Å². The molecule has 5 heteroatoms. The molecule has 2 atom stereocenters. The van der Waals surface area contributed by atoms with Gasteiger partial charge in [-0.05, 0) is 38.6 Å². The van der Waals surface area contributed by atoms with Crippen LogP contribution < -0.4 is 0 Å². The summed E-state index contributed by atoms with van der Waals surface area (Å²) < 4.78 is 0. The smallest absolute Gasteiger partial charge is 0.323 e. The van der Waals surface area contributed by atoms with E-state index in [0.29, 0.717) is 18.4 Å². The van der Waals surface area contributed by atoms with Crippen molar-refractivity contribution in [1.82, 2.24) is 9.80 Å². The summed E-state index contributed by atoms with van der Waals surface area (Å²) >= 11 is 0. The SMILES string of the molecule is CCN(CC(=O)N1CC(C)CC(C)C1)C(C)(C)C(=O)O. The molecule has 0 radical (unpaired) electrons. The Morgan fingerprint density at radius 3 is 2.15 bits per heavy atom. The van der Waals surface area contributed by atoms with E-state index in [9.17, 15) is 14.7 Å². The van der Waals surface area contributed by atoms with Crippen LogP contribution in [0.5, 0.6) is 0 Å². The number of likely N-dealkylation sites (N-methyl/N-ethyl adjacent to an activating group) is 1. The van der Waals surface area contributed by atoms with Gasteiger partial charge >= 0.3 is 5.97 Å². The molecule has 1 aliphatic rings. The predicted octanol–water partition coefficient (Wildman–Crippen LogP) is 1.68. The van der Waals surface area contributed by atoms with E-state index in [1.807, 2.05) is 11.8 Å². The molecular formula is C15H28N2O3. The van der Waals surface area contributed by atoms with Crippen molar-refractivity contribution in [2.45, 2.75) is 46.6 Å². The Morgan fingerprint density at radius 2 is 1.75 bits per heavy atom. The second-order valence-electron chi connectivity index (χ2n) is 6.62. The number of likely N-dealkylation sites (tertiary alicyclic amines) is 1. The fraction of sp³-hybridized carbons (Fsp3) is 0.867. The highest BCUT2D eigenvalue weighted by atomic mass is 16.4. The van der Waals surface area contributed by atoms with Crippen LogP contribution in [0.25, 0.3) is 0 Å². The van der Waals surface area contributed by atoms with Crippen molar-refractivity contribution in [2.24, 2.45) is 11.8 Å². The van der Waals surface area contributed by atoms with Crippen molar-refractivity contribution in [3.8, 4) is 0 Å². The van der Waals surface area contributed by atoms with Gasteiger partial charge in [0.25, 0.3) is 0 Å². The van der Waals surface area contributed by atoms with E-state index in [1.165, 1.54) is 0 Å². The zero-order chi connectivity index (χ0) is 15.5. The number of carbonyl (C=O) groups is 2. The first-order chi connectivity index (χ1) is 9.18. The normalized spacial score (nSPS) is 24.0. The minimum absolute atomic E-state index is 0.0413. The minimum atomic E-state index is -1.02. The monoisotopic (exact) mass is 284 g/mol. The molecule has 1 saturated heterocycles. The summed E-state index contributed by atoms with van der Waals surface area (Å²) in [6.45, 7) is 11.8. The third-order valence-corrected chi connectivity index (χ3v) is 4.24. The van der Waals surface area contributed by atoms with Gasteiger partial charge in [0.05, 0.1) is 6.54 Å². The van der Waals surface area contributed by atoms with Crippen LogP contribution in [0.3, 0.4) is 0 Å². The summed E-state index contributed by atoms with van der Waals surface area (Å²) in [5.41, 5.74) is -1.02. The topological polar surface area (TPSA) is 60.9 Å². The summed E-state index contributed by atoms with van der Waals surface area (Å²) in [6, 6.07) is 0. The molecule has 0 spiro atoms. The van der Waals surface area contributed by atoms with E-state index >= 15 is 0 Å². The Morgan fingerprint density at radius 1 is 1.25 bits per heavy atom. The fourth-order valence-electron chi connectivity index (χ4n) is 2.97. The third-order valence-electron chi connectivity index (χ3n) is 4.24. The van der Waals surface area contributed by atoms with E-state index in [4.69, 9.17) is 0 Å². The van der Waals surface area contributed by atoms with Crippen LogP contribution in [0.1, 0.15) is 41.0 Å². The first-order valence-corrected chi connectivity index (χ1v) is 7.44. The molecule has 0 aliphatic carbocycles. The third kappa shape index (κ3) is 3.95. The number of nitrogens with zero attached hydrogens (tertiary/aromatic N) is 2. The molecule has 0 aromatic heterocycles. The average Bonchev–Trinajstić information content (AvgIpc) is 2.33. The number of aliphatic carboxylic acids is 1. The molecular weight excluding hydrogens is 256 g/mol. The second kappa shape index (κ2) is 6.57. The molecule has 1 rings (SSSR count). The van der Waals surface area contributed by atoms with Crippen LogP contribution in [0.2, 0.25) is 0 Å². The minimum Gasteiger partial charge on any atom is -0.480 e. The van der Waals surface area contributed by atoms with Gasteiger partial charge in [-0.2, -0.15) is 0 Å². The quantitative estimate of drug-likeness (QED) is 0.834. The lowest BCUT2D eigenvalue weighted by molar-refractivity contribution is -0.151. The lowest BCUT2D eigenvalue weighted by atomic mass is 9.92. The highest BCUT2D eigenvalue weighted by Gasteiger charge is 2.36. The van der Waals surface area contributed by atoms with Gasteiger partial charge in [0, 0.05) is 13.1 Å². The van der Waals surface area contributed by atoms with Gasteiger partial charge in [0.2, 0.25) is 5.91 Å². The maximum absolute atomic E-state index is 12.4. The molecule has 1 fully saturated rings. The first kappa shape index (κ1) is 17.0. The molecule has 0 saturated carbocycles. The summed E-state index contributed by atoms with van der Waals surface area (Å²) in [7, 11) is 0. The van der Waals surface area contributed by atoms with E-state index in [1.54, 1.807) is 18.7 Å². The molecule has 1 aliphatic heterocycles. The van der Waals surface area contributed by atoms with Gasteiger partial charge in [0.1, 0.15) is 5.54 Å². The van der Waals surface area contributed by atoms with Crippen LogP contribution in [0.15, 0.2) is 0 Å². The van der Waals surface area contributed by atoms with Crippen LogP contribution in [0, 0.1) is 11.8 Å². The van der Waals surface area contributed by atoms with Crippen LogP contribution in [0.4, 0.5) is 0 Å². The maximum atomic E-state index is 12.4. The Labute approximate surface area is 121 Å². The summed E-state index contributed by atoms with van der Waals surface area (Å²) in [4.78, 5) is 27.3. The number of rotatable bonds is 5. The predicted molar refractivity (Wildman–Crippen MR) is 78.5 cm³/mol. The average molecular weight is 284 g/mol. The van der Waals surface area contributed by atoms with Crippen molar-refractivity contribution in [3.63, 3.8) is 0 Å². The number of hydrogen-bond donors (Lipinski definition) is 1. The van der Waals surface area contributed by atoms with Gasteiger partial charge in [-0.15, -0.1) is 0 Å². The standard InChI is InChI=1S/C15H28N2O3/c1-6-17(15(4,5)14(19)20)10-13(18)16-8-11(2)7-12(3)9-16/h11-12H,6-10H2,1-5H3,(H,19,20). The number of carboxylic acids is 1. The molecule has 1 N–H and O–H groups in total. The Bertz CT molecular complexity index is 358. The van der Waals surface area contributed by atoms with Crippen molar-refractivity contribution < 1.29 is 14.7 Å². The molecule has 2 unspecified atom stereocenters. The number of hydrogen-bond acceptors (Lipinski definition) is 3. The van der Waals surface area contributed by atoms with Crippen LogP contribution >= 0.6 is 0 Å². The van der Waals surface area contributed by atoms with E-state index in [2.05, 4.69) is 13.8 Å². The van der Waals surface area contributed by atoms with Crippen molar-refractivity contribution in [1.29, 1.82) is 0 Å². The zero-order valence-corrected chi connectivity index (χ0v) is 13.3.